The van der Waals surface area contributed by atoms with Gasteiger partial charge in [-0.1, -0.05) is 56.3 Å². The van der Waals surface area contributed by atoms with Gasteiger partial charge in [-0.15, -0.1) is 0 Å². The maximum absolute atomic E-state index is 13.3. The van der Waals surface area contributed by atoms with Crippen LogP contribution in [-0.4, -0.2) is 85.2 Å². The van der Waals surface area contributed by atoms with Gasteiger partial charge in [0, 0.05) is 38.3 Å². The summed E-state index contributed by atoms with van der Waals surface area (Å²) in [6.07, 6.45) is -0.452. The molecular formula is C38H54N4O7. The molecule has 2 aromatic rings. The smallest absolute Gasteiger partial charge is 0.414 e. The highest BCUT2D eigenvalue weighted by atomic mass is 16.7. The molecule has 2 unspecified atom stereocenters. The highest BCUT2D eigenvalue weighted by Gasteiger charge is 2.44. The van der Waals surface area contributed by atoms with Crippen molar-refractivity contribution in [3.8, 4) is 6.07 Å². The summed E-state index contributed by atoms with van der Waals surface area (Å²) >= 11 is 0. The molecule has 2 aromatic carbocycles. The van der Waals surface area contributed by atoms with Gasteiger partial charge < -0.3 is 29.4 Å². The third kappa shape index (κ3) is 11.7. The summed E-state index contributed by atoms with van der Waals surface area (Å²) in [7, 11) is 0. The number of anilines is 1. The van der Waals surface area contributed by atoms with Crippen molar-refractivity contribution in [1.29, 1.82) is 5.26 Å². The topological polar surface area (TPSA) is 134 Å². The lowest BCUT2D eigenvalue weighted by Gasteiger charge is -2.35. The van der Waals surface area contributed by atoms with Crippen molar-refractivity contribution in [3.05, 3.63) is 65.7 Å². The van der Waals surface area contributed by atoms with Crippen molar-refractivity contribution in [1.82, 2.24) is 10.2 Å². The number of carbonyl (C=O) groups excluding carboxylic acids is 2. The molecule has 0 aliphatic carbocycles. The van der Waals surface area contributed by atoms with E-state index in [-0.39, 0.29) is 30.8 Å². The normalized spacial score (nSPS) is 20.3. The van der Waals surface area contributed by atoms with E-state index in [2.05, 4.69) is 30.1 Å². The lowest BCUT2D eigenvalue weighted by molar-refractivity contribution is -0.0907. The van der Waals surface area contributed by atoms with E-state index in [1.54, 1.807) is 4.90 Å². The molecule has 5 atom stereocenters. The molecule has 2 saturated heterocycles. The molecule has 2 aliphatic rings. The molecule has 268 valence electrons. The number of hydrogen-bond donors (Lipinski definition) is 2. The number of alkyl carbamates (subject to hydrolysis) is 1. The predicted molar refractivity (Wildman–Crippen MR) is 187 cm³/mol. The van der Waals surface area contributed by atoms with E-state index in [9.17, 15) is 20.0 Å². The van der Waals surface area contributed by atoms with Crippen LogP contribution in [0.25, 0.3) is 0 Å². The van der Waals surface area contributed by atoms with E-state index in [0.717, 1.165) is 23.2 Å². The van der Waals surface area contributed by atoms with Gasteiger partial charge in [-0.2, -0.15) is 5.26 Å². The van der Waals surface area contributed by atoms with Crippen LogP contribution in [-0.2, 0) is 31.9 Å². The molecule has 2 aliphatic heterocycles. The van der Waals surface area contributed by atoms with E-state index < -0.39 is 36.0 Å². The predicted octanol–water partition coefficient (Wildman–Crippen LogP) is 6.04. The second-order valence-corrected chi connectivity index (χ2v) is 14.9. The molecular weight excluding hydrogens is 624 g/mol. The lowest BCUT2D eigenvalue weighted by Crippen LogP contribution is -2.51. The largest absolute Gasteiger partial charge is 0.443 e. The van der Waals surface area contributed by atoms with Crippen LogP contribution in [0, 0.1) is 22.7 Å². The number of fused-ring (bicyclic) bond motifs is 1. The van der Waals surface area contributed by atoms with Crippen molar-refractivity contribution in [2.45, 2.75) is 104 Å². The Balaban J connectivity index is 1.54. The van der Waals surface area contributed by atoms with Gasteiger partial charge >= 0.3 is 12.2 Å². The van der Waals surface area contributed by atoms with Gasteiger partial charge in [0.05, 0.1) is 37.3 Å². The zero-order chi connectivity index (χ0) is 35.6. The van der Waals surface area contributed by atoms with Gasteiger partial charge in [-0.25, -0.2) is 9.59 Å². The Morgan fingerprint density at radius 1 is 1.08 bits per heavy atom. The van der Waals surface area contributed by atoms with Crippen molar-refractivity contribution in [2.24, 2.45) is 11.3 Å². The highest BCUT2D eigenvalue weighted by Crippen LogP contribution is 2.33. The fourth-order valence-corrected chi connectivity index (χ4v) is 6.49. The Labute approximate surface area is 291 Å². The first-order valence-corrected chi connectivity index (χ1v) is 17.4. The molecule has 11 nitrogen and oxygen atoms in total. The summed E-state index contributed by atoms with van der Waals surface area (Å²) in [5.41, 5.74) is 1.78. The third-order valence-corrected chi connectivity index (χ3v) is 8.88. The van der Waals surface area contributed by atoms with Crippen LogP contribution in [0.3, 0.4) is 0 Å². The van der Waals surface area contributed by atoms with Crippen molar-refractivity contribution < 1.29 is 33.6 Å². The standard InChI is InChI=1S/C38H54N4O7/c1-7-42(36(45)49-37(2,3)4)29-16-11-15-28(21-29)23-41(26-38(5,6)18-12-19-39)24-32(43)31(22-27-13-9-8-10-14-27)40-35(44)48-33-25-47-34-30(33)17-20-46-34/h8-11,13-16,21,30-34,43H,7,12,17-18,20,22-26H2,1-6H3,(H,40,44)/t30-,31?,32?,33-,34+/m0/s1. The van der Waals surface area contributed by atoms with Crippen molar-refractivity contribution in [2.75, 3.05) is 37.7 Å². The first-order valence-electron chi connectivity index (χ1n) is 17.4. The minimum absolute atomic E-state index is 0.00379. The number of hydrogen-bond acceptors (Lipinski definition) is 9. The summed E-state index contributed by atoms with van der Waals surface area (Å²) < 4.78 is 22.7. The summed E-state index contributed by atoms with van der Waals surface area (Å²) in [6, 6.07) is 19.1. The lowest BCUT2D eigenvalue weighted by atomic mass is 9.87. The molecule has 0 spiro atoms. The van der Waals surface area contributed by atoms with Crippen LogP contribution in [0.2, 0.25) is 0 Å². The van der Waals surface area contributed by atoms with Crippen molar-refractivity contribution in [3.63, 3.8) is 0 Å². The van der Waals surface area contributed by atoms with Crippen LogP contribution < -0.4 is 10.2 Å². The minimum Gasteiger partial charge on any atom is -0.443 e. The zero-order valence-electron chi connectivity index (χ0n) is 29.9. The Hall–Kier alpha value is -3.69. The van der Waals surface area contributed by atoms with Crippen LogP contribution in [0.5, 0.6) is 0 Å². The number of aliphatic hydroxyl groups excluding tert-OH is 1. The van der Waals surface area contributed by atoms with E-state index in [1.807, 2.05) is 82.3 Å². The highest BCUT2D eigenvalue weighted by molar-refractivity contribution is 5.87. The van der Waals surface area contributed by atoms with Gasteiger partial charge in [-0.3, -0.25) is 9.80 Å². The molecule has 0 radical (unpaired) electrons. The third-order valence-electron chi connectivity index (χ3n) is 8.88. The number of nitrogens with zero attached hydrogens (tertiary/aromatic N) is 3. The van der Waals surface area contributed by atoms with E-state index in [1.165, 1.54) is 0 Å². The minimum atomic E-state index is -0.959. The SMILES string of the molecule is CCN(C(=O)OC(C)(C)C)c1cccc(CN(CC(O)C(Cc2ccccc2)NC(=O)O[C@H]2CO[C@H]3OCC[C@H]32)CC(C)(C)CCC#N)c1. The average molecular weight is 679 g/mol. The number of rotatable bonds is 15. The molecule has 4 rings (SSSR count). The number of benzene rings is 2. The number of ether oxygens (including phenoxy) is 4. The molecule has 2 amide bonds. The second-order valence-electron chi connectivity index (χ2n) is 14.9. The quantitative estimate of drug-likeness (QED) is 0.231. The summed E-state index contributed by atoms with van der Waals surface area (Å²) in [5.74, 6) is 0.00379. The molecule has 0 saturated carbocycles. The van der Waals surface area contributed by atoms with E-state index >= 15 is 0 Å². The number of aliphatic hydroxyl groups is 1. The summed E-state index contributed by atoms with van der Waals surface area (Å²) in [6.45, 7) is 14.3. The Kier molecular flexibility index (Phi) is 13.5. The number of nitriles is 1. The van der Waals surface area contributed by atoms with E-state index in [4.69, 9.17) is 18.9 Å². The van der Waals surface area contributed by atoms with Gasteiger partial charge in [0.25, 0.3) is 0 Å². The van der Waals surface area contributed by atoms with Gasteiger partial charge in [0.1, 0.15) is 11.7 Å². The Bertz CT molecular complexity index is 1410. The first kappa shape index (κ1) is 38.1. The fourth-order valence-electron chi connectivity index (χ4n) is 6.49. The van der Waals surface area contributed by atoms with Crippen LogP contribution >= 0.6 is 0 Å². The van der Waals surface area contributed by atoms with Gasteiger partial charge in [0.15, 0.2) is 6.29 Å². The monoisotopic (exact) mass is 678 g/mol. The second kappa shape index (κ2) is 17.3. The van der Waals surface area contributed by atoms with Crippen LogP contribution in [0.4, 0.5) is 15.3 Å². The van der Waals surface area contributed by atoms with E-state index in [0.29, 0.717) is 45.5 Å². The molecule has 49 heavy (non-hydrogen) atoms. The average Bonchev–Trinajstić information content (AvgIpc) is 3.65. The first-order chi connectivity index (χ1) is 23.3. The van der Waals surface area contributed by atoms with Gasteiger partial charge in [-0.05, 0) is 75.6 Å². The fraction of sp³-hybridized carbons (Fsp3) is 0.605. The maximum Gasteiger partial charge on any atom is 0.414 e. The maximum atomic E-state index is 13.3. The molecule has 0 aromatic heterocycles. The molecule has 2 fully saturated rings. The van der Waals surface area contributed by atoms with Crippen molar-refractivity contribution >= 4 is 17.9 Å². The van der Waals surface area contributed by atoms with Crippen LogP contribution in [0.15, 0.2) is 54.6 Å². The Morgan fingerprint density at radius 3 is 2.51 bits per heavy atom. The number of carbonyl (C=O) groups is 2. The van der Waals surface area contributed by atoms with Crippen LogP contribution in [0.1, 0.15) is 71.9 Å². The number of nitrogens with one attached hydrogen (secondary N) is 1. The molecule has 2 N–H and O–H groups in total. The molecule has 2 heterocycles. The number of amides is 2. The van der Waals surface area contributed by atoms with Gasteiger partial charge in [0.2, 0.25) is 0 Å². The summed E-state index contributed by atoms with van der Waals surface area (Å²) in [5, 5.41) is 24.1. The molecule has 0 bridgehead atoms. The Morgan fingerprint density at radius 2 is 1.82 bits per heavy atom. The summed E-state index contributed by atoms with van der Waals surface area (Å²) in [4.78, 5) is 30.0. The molecule has 11 heteroatoms. The zero-order valence-corrected chi connectivity index (χ0v) is 29.9.